The van der Waals surface area contributed by atoms with Gasteiger partial charge in [0.2, 0.25) is 5.91 Å². The summed E-state index contributed by atoms with van der Waals surface area (Å²) in [4.78, 5) is 27.3. The first-order valence-corrected chi connectivity index (χ1v) is 12.5. The van der Waals surface area contributed by atoms with Gasteiger partial charge in [-0.2, -0.15) is 0 Å². The molecular weight excluding hydrogens is 452 g/mol. The molecule has 0 saturated heterocycles. The van der Waals surface area contributed by atoms with Gasteiger partial charge in [-0.3, -0.25) is 9.59 Å². The number of nitrogens with one attached hydrogen (secondary N) is 1. The van der Waals surface area contributed by atoms with Crippen LogP contribution in [0.25, 0.3) is 0 Å². The lowest BCUT2D eigenvalue weighted by Gasteiger charge is -2.27. The molecule has 1 unspecified atom stereocenters. The number of hydrogen-bond acceptors (Lipinski definition) is 5. The predicted octanol–water partition coefficient (Wildman–Crippen LogP) is 3.43. The van der Waals surface area contributed by atoms with Crippen molar-refractivity contribution in [3.8, 4) is 5.75 Å². The lowest BCUT2D eigenvalue weighted by atomic mass is 10.0. The van der Waals surface area contributed by atoms with Crippen molar-refractivity contribution in [3.05, 3.63) is 59.1 Å². The predicted molar refractivity (Wildman–Crippen MR) is 125 cm³/mol. The van der Waals surface area contributed by atoms with E-state index in [1.165, 1.54) is 12.1 Å². The van der Waals surface area contributed by atoms with E-state index in [9.17, 15) is 18.0 Å². The van der Waals surface area contributed by atoms with Crippen LogP contribution in [-0.4, -0.2) is 57.6 Å². The van der Waals surface area contributed by atoms with Crippen molar-refractivity contribution < 1.29 is 22.7 Å². The van der Waals surface area contributed by atoms with Gasteiger partial charge in [-0.25, -0.2) is 8.42 Å². The van der Waals surface area contributed by atoms with E-state index in [-0.39, 0.29) is 16.7 Å². The molecule has 7 nitrogen and oxygen atoms in total. The van der Waals surface area contributed by atoms with E-state index in [2.05, 4.69) is 5.32 Å². The standard InChI is InChI=1S/C23H29ClN2O5S/c1-16(2)21(25-22(27)19-11-5-6-12-20(19)24)23(28)26(3)13-8-14-31-17-9-7-10-18(15-17)32(4,29)30/h5-7,9-12,15-16,21H,8,13-14H2,1-4H3,(H,25,27). The van der Waals surface area contributed by atoms with Crippen molar-refractivity contribution in [3.63, 3.8) is 0 Å². The molecular formula is C23H29ClN2O5S. The van der Waals surface area contributed by atoms with Crippen molar-refractivity contribution in [2.24, 2.45) is 5.92 Å². The van der Waals surface area contributed by atoms with Crippen molar-refractivity contribution in [2.75, 3.05) is 26.5 Å². The maximum absolute atomic E-state index is 12.9. The van der Waals surface area contributed by atoms with Crippen LogP contribution in [-0.2, 0) is 14.6 Å². The third-order valence-electron chi connectivity index (χ3n) is 4.85. The lowest BCUT2D eigenvalue weighted by Crippen LogP contribution is -2.50. The Morgan fingerprint density at radius 2 is 1.81 bits per heavy atom. The first kappa shape index (κ1) is 25.7. The molecule has 0 spiro atoms. The Morgan fingerprint density at radius 1 is 1.12 bits per heavy atom. The number of nitrogens with zero attached hydrogens (tertiary/aromatic N) is 1. The molecule has 174 valence electrons. The third-order valence-corrected chi connectivity index (χ3v) is 6.29. The SMILES string of the molecule is CC(C)C(NC(=O)c1ccccc1Cl)C(=O)N(C)CCCOc1cccc(S(C)(=O)=O)c1. The summed E-state index contributed by atoms with van der Waals surface area (Å²) < 4.78 is 28.9. The summed E-state index contributed by atoms with van der Waals surface area (Å²) in [7, 11) is -1.64. The minimum atomic E-state index is -3.31. The van der Waals surface area contributed by atoms with Crippen LogP contribution in [0.15, 0.2) is 53.4 Å². The Bertz CT molecular complexity index is 1060. The minimum absolute atomic E-state index is 0.119. The summed E-state index contributed by atoms with van der Waals surface area (Å²) in [5.41, 5.74) is 0.319. The highest BCUT2D eigenvalue weighted by atomic mass is 35.5. The second kappa shape index (κ2) is 11.3. The van der Waals surface area contributed by atoms with Crippen LogP contribution in [0.5, 0.6) is 5.75 Å². The van der Waals surface area contributed by atoms with Gasteiger partial charge in [0.25, 0.3) is 5.91 Å². The summed E-state index contributed by atoms with van der Waals surface area (Å²) >= 11 is 6.09. The van der Waals surface area contributed by atoms with Gasteiger partial charge in [0.15, 0.2) is 9.84 Å². The quantitative estimate of drug-likeness (QED) is 0.526. The highest BCUT2D eigenvalue weighted by Crippen LogP contribution is 2.18. The Morgan fingerprint density at radius 3 is 2.44 bits per heavy atom. The van der Waals surface area contributed by atoms with Gasteiger partial charge in [-0.1, -0.05) is 43.6 Å². The molecule has 0 aromatic heterocycles. The molecule has 0 fully saturated rings. The summed E-state index contributed by atoms with van der Waals surface area (Å²) in [6.07, 6.45) is 1.68. The average molecular weight is 481 g/mol. The number of carbonyl (C=O) groups excluding carboxylic acids is 2. The Balaban J connectivity index is 1.91. The van der Waals surface area contributed by atoms with Gasteiger partial charge in [0.1, 0.15) is 11.8 Å². The molecule has 0 bridgehead atoms. The van der Waals surface area contributed by atoms with E-state index >= 15 is 0 Å². The molecule has 0 heterocycles. The number of hydrogen-bond donors (Lipinski definition) is 1. The zero-order chi connectivity index (χ0) is 23.9. The topological polar surface area (TPSA) is 92.8 Å². The average Bonchev–Trinajstić information content (AvgIpc) is 2.74. The fourth-order valence-electron chi connectivity index (χ4n) is 3.01. The van der Waals surface area contributed by atoms with Gasteiger partial charge >= 0.3 is 0 Å². The normalized spacial score (nSPS) is 12.3. The van der Waals surface area contributed by atoms with Gasteiger partial charge < -0.3 is 15.0 Å². The molecule has 0 radical (unpaired) electrons. The van der Waals surface area contributed by atoms with Crippen molar-refractivity contribution in [2.45, 2.75) is 31.2 Å². The monoisotopic (exact) mass is 480 g/mol. The van der Waals surface area contributed by atoms with E-state index in [4.69, 9.17) is 16.3 Å². The molecule has 0 aliphatic rings. The maximum atomic E-state index is 12.9. The number of sulfone groups is 1. The van der Waals surface area contributed by atoms with Crippen molar-refractivity contribution in [1.82, 2.24) is 10.2 Å². The van der Waals surface area contributed by atoms with E-state index in [0.29, 0.717) is 35.9 Å². The number of halogens is 1. The minimum Gasteiger partial charge on any atom is -0.493 e. The van der Waals surface area contributed by atoms with Crippen LogP contribution < -0.4 is 10.1 Å². The van der Waals surface area contributed by atoms with E-state index in [1.54, 1.807) is 48.3 Å². The number of likely N-dealkylation sites (N-methyl/N-ethyl adjacent to an activating group) is 1. The van der Waals surface area contributed by atoms with Gasteiger partial charge in [-0.05, 0) is 42.7 Å². The van der Waals surface area contributed by atoms with Crippen LogP contribution in [0.1, 0.15) is 30.6 Å². The summed E-state index contributed by atoms with van der Waals surface area (Å²) in [6, 6.07) is 12.3. The van der Waals surface area contributed by atoms with Gasteiger partial charge in [0.05, 0.1) is 22.1 Å². The molecule has 0 saturated carbocycles. The van der Waals surface area contributed by atoms with Crippen LogP contribution >= 0.6 is 11.6 Å². The van der Waals surface area contributed by atoms with Crippen LogP contribution in [0, 0.1) is 5.92 Å². The molecule has 32 heavy (non-hydrogen) atoms. The highest BCUT2D eigenvalue weighted by molar-refractivity contribution is 7.90. The van der Waals surface area contributed by atoms with Crippen molar-refractivity contribution >= 4 is 33.3 Å². The number of rotatable bonds is 10. The first-order chi connectivity index (χ1) is 15.0. The Labute approximate surface area is 194 Å². The number of ether oxygens (including phenoxy) is 1. The smallest absolute Gasteiger partial charge is 0.253 e. The van der Waals surface area contributed by atoms with Crippen LogP contribution in [0.3, 0.4) is 0 Å². The maximum Gasteiger partial charge on any atom is 0.253 e. The fourth-order valence-corrected chi connectivity index (χ4v) is 3.89. The number of amides is 2. The molecule has 2 rings (SSSR count). The summed E-state index contributed by atoms with van der Waals surface area (Å²) in [6.45, 7) is 4.45. The summed E-state index contributed by atoms with van der Waals surface area (Å²) in [5.74, 6) is -0.273. The zero-order valence-corrected chi connectivity index (χ0v) is 20.2. The largest absolute Gasteiger partial charge is 0.493 e. The lowest BCUT2D eigenvalue weighted by molar-refractivity contribution is -0.133. The van der Waals surface area contributed by atoms with Crippen LogP contribution in [0.2, 0.25) is 5.02 Å². The molecule has 1 N–H and O–H groups in total. The summed E-state index contributed by atoms with van der Waals surface area (Å²) in [5, 5.41) is 3.11. The zero-order valence-electron chi connectivity index (χ0n) is 18.7. The van der Waals surface area contributed by atoms with Gasteiger partial charge in [-0.15, -0.1) is 0 Å². The first-order valence-electron chi connectivity index (χ1n) is 10.2. The van der Waals surface area contributed by atoms with Crippen LogP contribution in [0.4, 0.5) is 0 Å². The van der Waals surface area contributed by atoms with Gasteiger partial charge in [0, 0.05) is 19.8 Å². The molecule has 2 aromatic carbocycles. The molecule has 2 aromatic rings. The molecule has 2 amide bonds. The molecule has 9 heteroatoms. The number of benzene rings is 2. The second-order valence-corrected chi connectivity index (χ2v) is 10.3. The highest BCUT2D eigenvalue weighted by Gasteiger charge is 2.27. The van der Waals surface area contributed by atoms with Crippen molar-refractivity contribution in [1.29, 1.82) is 0 Å². The fraction of sp³-hybridized carbons (Fsp3) is 0.391. The van der Waals surface area contributed by atoms with E-state index < -0.39 is 21.8 Å². The molecule has 0 aliphatic heterocycles. The second-order valence-electron chi connectivity index (χ2n) is 7.88. The Kier molecular flexibility index (Phi) is 9.09. The third kappa shape index (κ3) is 7.24. The van der Waals surface area contributed by atoms with E-state index in [1.807, 2.05) is 13.8 Å². The molecule has 0 aliphatic carbocycles. The Hall–Kier alpha value is -2.58. The van der Waals surface area contributed by atoms with E-state index in [0.717, 1.165) is 6.26 Å². The number of carbonyl (C=O) groups is 2. The molecule has 1 atom stereocenters.